The van der Waals surface area contributed by atoms with Crippen LogP contribution in [0.25, 0.3) is 0 Å². The summed E-state index contributed by atoms with van der Waals surface area (Å²) in [6.07, 6.45) is 4.99. The number of ether oxygens (including phenoxy) is 1. The number of hydrogen-bond donors (Lipinski definition) is 2. The lowest BCUT2D eigenvalue weighted by Crippen LogP contribution is -1.94. The molecular formula is C10H10O3. The van der Waals surface area contributed by atoms with Crippen molar-refractivity contribution in [1.29, 1.82) is 0 Å². The molecule has 13 heavy (non-hydrogen) atoms. The minimum absolute atomic E-state index is 0.0208. The molecular weight excluding hydrogens is 168 g/mol. The lowest BCUT2D eigenvalue weighted by Gasteiger charge is -2.05. The molecule has 0 heterocycles. The normalized spacial score (nSPS) is 9.23. The number of phenols is 1. The van der Waals surface area contributed by atoms with Crippen LogP contribution in [0.4, 0.5) is 0 Å². The fourth-order valence-corrected chi connectivity index (χ4v) is 0.892. The zero-order valence-electron chi connectivity index (χ0n) is 7.03. The van der Waals surface area contributed by atoms with Crippen LogP contribution in [0.3, 0.4) is 0 Å². The van der Waals surface area contributed by atoms with Crippen LogP contribution >= 0.6 is 0 Å². The maximum atomic E-state index is 9.28. The number of benzene rings is 1. The predicted molar refractivity (Wildman–Crippen MR) is 48.4 cm³/mol. The highest BCUT2D eigenvalue weighted by molar-refractivity contribution is 5.41. The summed E-state index contributed by atoms with van der Waals surface area (Å²) < 4.78 is 5.03. The van der Waals surface area contributed by atoms with E-state index in [0.717, 1.165) is 0 Å². The molecule has 3 nitrogen and oxygen atoms in total. The zero-order chi connectivity index (χ0) is 9.68. The maximum absolute atomic E-state index is 9.28. The van der Waals surface area contributed by atoms with Gasteiger partial charge in [-0.15, -0.1) is 6.42 Å². The van der Waals surface area contributed by atoms with E-state index in [9.17, 15) is 5.11 Å². The topological polar surface area (TPSA) is 49.7 Å². The van der Waals surface area contributed by atoms with Crippen LogP contribution in [-0.4, -0.2) is 16.8 Å². The van der Waals surface area contributed by atoms with Gasteiger partial charge in [-0.3, -0.25) is 0 Å². The molecule has 0 saturated heterocycles. The third-order valence-electron chi connectivity index (χ3n) is 1.52. The third-order valence-corrected chi connectivity index (χ3v) is 1.52. The molecule has 0 spiro atoms. The molecule has 0 amide bonds. The van der Waals surface area contributed by atoms with Crippen molar-refractivity contribution >= 4 is 0 Å². The summed E-state index contributed by atoms with van der Waals surface area (Å²) in [7, 11) is 0. The van der Waals surface area contributed by atoms with E-state index in [4.69, 9.17) is 16.3 Å². The quantitative estimate of drug-likeness (QED) is 0.676. The van der Waals surface area contributed by atoms with E-state index >= 15 is 0 Å². The van der Waals surface area contributed by atoms with Gasteiger partial charge in [-0.25, -0.2) is 0 Å². The van der Waals surface area contributed by atoms with Crippen LogP contribution < -0.4 is 4.74 Å². The highest BCUT2D eigenvalue weighted by atomic mass is 16.5. The van der Waals surface area contributed by atoms with Gasteiger partial charge in [0.1, 0.15) is 6.61 Å². The average molecular weight is 178 g/mol. The second kappa shape index (κ2) is 4.39. The van der Waals surface area contributed by atoms with E-state index in [1.807, 2.05) is 0 Å². The molecule has 0 saturated carbocycles. The minimum Gasteiger partial charge on any atom is -0.504 e. The molecule has 0 aliphatic rings. The van der Waals surface area contributed by atoms with E-state index in [0.29, 0.717) is 11.3 Å². The van der Waals surface area contributed by atoms with Crippen LogP contribution in [0.2, 0.25) is 0 Å². The van der Waals surface area contributed by atoms with Crippen LogP contribution in [0.15, 0.2) is 18.2 Å². The summed E-state index contributed by atoms with van der Waals surface area (Å²) in [4.78, 5) is 0. The molecule has 1 rings (SSSR count). The third kappa shape index (κ3) is 2.39. The maximum Gasteiger partial charge on any atom is 0.162 e. The molecule has 3 heteroatoms. The summed E-state index contributed by atoms with van der Waals surface area (Å²) in [5, 5.41) is 18.1. The van der Waals surface area contributed by atoms with Gasteiger partial charge in [-0.2, -0.15) is 0 Å². The van der Waals surface area contributed by atoms with Gasteiger partial charge in [0.25, 0.3) is 0 Å². The van der Waals surface area contributed by atoms with Crippen molar-refractivity contribution in [3.63, 3.8) is 0 Å². The Morgan fingerprint density at radius 2 is 2.23 bits per heavy atom. The van der Waals surface area contributed by atoms with Gasteiger partial charge in [0.15, 0.2) is 11.5 Å². The molecule has 68 valence electrons. The minimum atomic E-state index is -0.0906. The van der Waals surface area contributed by atoms with Crippen LogP contribution in [0.1, 0.15) is 5.56 Å². The first-order valence-corrected chi connectivity index (χ1v) is 3.77. The van der Waals surface area contributed by atoms with Crippen molar-refractivity contribution in [1.82, 2.24) is 0 Å². The molecule has 0 fully saturated rings. The Morgan fingerprint density at radius 3 is 2.85 bits per heavy atom. The van der Waals surface area contributed by atoms with Crippen molar-refractivity contribution in [2.24, 2.45) is 0 Å². The van der Waals surface area contributed by atoms with E-state index in [-0.39, 0.29) is 19.0 Å². The molecule has 0 unspecified atom stereocenters. The Morgan fingerprint density at radius 1 is 1.46 bits per heavy atom. The zero-order valence-corrected chi connectivity index (χ0v) is 7.03. The number of hydrogen-bond acceptors (Lipinski definition) is 3. The Balaban J connectivity index is 2.85. The van der Waals surface area contributed by atoms with Gasteiger partial charge in [-0.1, -0.05) is 12.0 Å². The van der Waals surface area contributed by atoms with Gasteiger partial charge in [0.2, 0.25) is 0 Å². The predicted octanol–water partition coefficient (Wildman–Crippen LogP) is 0.896. The second-order valence-electron chi connectivity index (χ2n) is 2.45. The molecule has 1 aromatic carbocycles. The van der Waals surface area contributed by atoms with E-state index in [1.165, 1.54) is 6.07 Å². The van der Waals surface area contributed by atoms with Crippen LogP contribution in [0, 0.1) is 12.3 Å². The molecule has 1 aromatic rings. The first-order chi connectivity index (χ1) is 6.27. The van der Waals surface area contributed by atoms with Crippen molar-refractivity contribution in [3.05, 3.63) is 23.8 Å². The second-order valence-corrected chi connectivity index (χ2v) is 2.45. The fraction of sp³-hybridized carbons (Fsp3) is 0.200. The molecule has 0 aromatic heterocycles. The SMILES string of the molecule is C#CCOc1cc(CO)ccc1O. The van der Waals surface area contributed by atoms with Gasteiger partial charge < -0.3 is 14.9 Å². The molecule has 2 N–H and O–H groups in total. The van der Waals surface area contributed by atoms with Crippen molar-refractivity contribution in [2.75, 3.05) is 6.61 Å². The number of aliphatic hydroxyl groups is 1. The number of aromatic hydroxyl groups is 1. The molecule has 0 aliphatic carbocycles. The van der Waals surface area contributed by atoms with E-state index in [2.05, 4.69) is 5.92 Å². The molecule has 0 bridgehead atoms. The number of terminal acetylenes is 1. The average Bonchev–Trinajstić information content (AvgIpc) is 2.17. The number of phenolic OH excluding ortho intramolecular Hbond substituents is 1. The first kappa shape index (κ1) is 9.43. The highest BCUT2D eigenvalue weighted by Gasteiger charge is 2.02. The van der Waals surface area contributed by atoms with Crippen molar-refractivity contribution in [3.8, 4) is 23.8 Å². The Bertz CT molecular complexity index is 325. The van der Waals surface area contributed by atoms with Gasteiger partial charge in [0, 0.05) is 0 Å². The smallest absolute Gasteiger partial charge is 0.162 e. The lowest BCUT2D eigenvalue weighted by atomic mass is 10.2. The van der Waals surface area contributed by atoms with Crippen LogP contribution in [0.5, 0.6) is 11.5 Å². The van der Waals surface area contributed by atoms with Crippen LogP contribution in [-0.2, 0) is 6.61 Å². The summed E-state index contributed by atoms with van der Waals surface area (Å²) in [6.45, 7) is 0.00906. The number of rotatable bonds is 3. The molecule has 0 radical (unpaired) electrons. The Hall–Kier alpha value is -1.66. The fourth-order valence-electron chi connectivity index (χ4n) is 0.892. The standard InChI is InChI=1S/C10H10O3/c1-2-5-13-10-6-8(7-11)3-4-9(10)12/h1,3-4,6,11-12H,5,7H2. The Kier molecular flexibility index (Phi) is 3.18. The summed E-state index contributed by atoms with van der Waals surface area (Å²) >= 11 is 0. The van der Waals surface area contributed by atoms with Gasteiger partial charge in [0.05, 0.1) is 6.61 Å². The monoisotopic (exact) mass is 178 g/mol. The van der Waals surface area contributed by atoms with Crippen molar-refractivity contribution < 1.29 is 14.9 Å². The lowest BCUT2D eigenvalue weighted by molar-refractivity contribution is 0.279. The first-order valence-electron chi connectivity index (χ1n) is 3.77. The van der Waals surface area contributed by atoms with E-state index in [1.54, 1.807) is 12.1 Å². The van der Waals surface area contributed by atoms with Gasteiger partial charge in [-0.05, 0) is 17.7 Å². The summed E-state index contributed by atoms with van der Waals surface area (Å²) in [6, 6.07) is 4.61. The molecule has 0 atom stereocenters. The Labute approximate surface area is 76.6 Å². The van der Waals surface area contributed by atoms with E-state index < -0.39 is 0 Å². The summed E-state index contributed by atoms with van der Waals surface area (Å²) in [5.41, 5.74) is 0.671. The largest absolute Gasteiger partial charge is 0.504 e. The van der Waals surface area contributed by atoms with Crippen molar-refractivity contribution in [2.45, 2.75) is 6.61 Å². The molecule has 0 aliphatic heterocycles. The summed E-state index contributed by atoms with van der Waals surface area (Å²) in [5.74, 6) is 2.60. The highest BCUT2D eigenvalue weighted by Crippen LogP contribution is 2.26. The number of aliphatic hydroxyl groups excluding tert-OH is 1. The van der Waals surface area contributed by atoms with Gasteiger partial charge >= 0.3 is 0 Å².